The van der Waals surface area contributed by atoms with E-state index in [1.165, 1.54) is 17.8 Å². The van der Waals surface area contributed by atoms with Crippen molar-refractivity contribution in [3.63, 3.8) is 0 Å². The summed E-state index contributed by atoms with van der Waals surface area (Å²) < 4.78 is 0.597. The van der Waals surface area contributed by atoms with E-state index in [9.17, 15) is 0 Å². The van der Waals surface area contributed by atoms with Crippen LogP contribution in [0.25, 0.3) is 0 Å². The van der Waals surface area contributed by atoms with Gasteiger partial charge in [0, 0.05) is 18.0 Å². The number of halogens is 1. The van der Waals surface area contributed by atoms with E-state index >= 15 is 0 Å². The molecular weight excluding hydrogens is 220 g/mol. The maximum absolute atomic E-state index is 9.13. The highest BCUT2D eigenvalue weighted by atomic mass is 35.5. The average molecular weight is 233 g/mol. The fourth-order valence-corrected chi connectivity index (χ4v) is 2.65. The molecule has 0 aromatic carbocycles. The fraction of sp³-hybridized carbons (Fsp3) is 0.667. The quantitative estimate of drug-likeness (QED) is 0.863. The summed E-state index contributed by atoms with van der Waals surface area (Å²) in [7, 11) is 0. The first kappa shape index (κ1) is 10.4. The van der Waals surface area contributed by atoms with E-state index in [1.807, 2.05) is 5.38 Å². The molecule has 1 saturated heterocycles. The number of hydrogen-bond donors (Lipinski definition) is 1. The molecule has 3 nitrogen and oxygen atoms in total. The van der Waals surface area contributed by atoms with Gasteiger partial charge in [0.15, 0.2) is 4.47 Å². The molecule has 1 atom stereocenters. The monoisotopic (exact) mass is 232 g/mol. The Morgan fingerprint density at radius 1 is 1.71 bits per heavy atom. The zero-order valence-electron chi connectivity index (χ0n) is 7.82. The van der Waals surface area contributed by atoms with Gasteiger partial charge in [0.25, 0.3) is 0 Å². The highest BCUT2D eigenvalue weighted by molar-refractivity contribution is 7.13. The zero-order chi connectivity index (χ0) is 9.97. The number of hydrogen-bond acceptors (Lipinski definition) is 4. The smallest absolute Gasteiger partial charge is 0.183 e. The maximum atomic E-state index is 9.13. The summed E-state index contributed by atoms with van der Waals surface area (Å²) in [4.78, 5) is 6.47. The van der Waals surface area contributed by atoms with Crippen LogP contribution in [0.2, 0.25) is 4.47 Å². The first-order chi connectivity index (χ1) is 6.79. The van der Waals surface area contributed by atoms with Crippen LogP contribution in [-0.2, 0) is 6.54 Å². The zero-order valence-corrected chi connectivity index (χ0v) is 9.39. The third kappa shape index (κ3) is 2.25. The van der Waals surface area contributed by atoms with E-state index in [4.69, 9.17) is 16.7 Å². The van der Waals surface area contributed by atoms with Crippen molar-refractivity contribution in [2.45, 2.75) is 25.4 Å². The van der Waals surface area contributed by atoms with Gasteiger partial charge in [-0.1, -0.05) is 11.6 Å². The second-order valence-electron chi connectivity index (χ2n) is 3.54. The van der Waals surface area contributed by atoms with Crippen LogP contribution in [0.3, 0.4) is 0 Å². The summed E-state index contributed by atoms with van der Waals surface area (Å²) in [5.41, 5.74) is 1.01. The van der Waals surface area contributed by atoms with Crippen LogP contribution < -0.4 is 0 Å². The predicted molar refractivity (Wildman–Crippen MR) is 57.6 cm³/mol. The third-order valence-corrected chi connectivity index (χ3v) is 3.63. The Balaban J connectivity index is 1.96. The van der Waals surface area contributed by atoms with Gasteiger partial charge in [0.05, 0.1) is 12.3 Å². The highest BCUT2D eigenvalue weighted by Gasteiger charge is 2.24. The summed E-state index contributed by atoms with van der Waals surface area (Å²) in [6, 6.07) is 0.315. The minimum Gasteiger partial charge on any atom is -0.395 e. The van der Waals surface area contributed by atoms with E-state index in [1.54, 1.807) is 0 Å². The van der Waals surface area contributed by atoms with Gasteiger partial charge in [-0.15, -0.1) is 11.3 Å². The largest absolute Gasteiger partial charge is 0.395 e. The lowest BCUT2D eigenvalue weighted by Crippen LogP contribution is -2.31. The first-order valence-electron chi connectivity index (χ1n) is 4.74. The minimum atomic E-state index is 0.248. The molecule has 78 valence electrons. The molecule has 0 unspecified atom stereocenters. The Kier molecular flexibility index (Phi) is 3.38. The van der Waals surface area contributed by atoms with Crippen molar-refractivity contribution in [2.24, 2.45) is 0 Å². The third-order valence-electron chi connectivity index (χ3n) is 2.60. The van der Waals surface area contributed by atoms with Crippen molar-refractivity contribution in [1.82, 2.24) is 9.88 Å². The highest BCUT2D eigenvalue weighted by Crippen LogP contribution is 2.21. The van der Waals surface area contributed by atoms with Gasteiger partial charge in [0.2, 0.25) is 0 Å². The molecule has 1 aliphatic heterocycles. The minimum absolute atomic E-state index is 0.248. The molecule has 14 heavy (non-hydrogen) atoms. The van der Waals surface area contributed by atoms with Crippen molar-refractivity contribution in [1.29, 1.82) is 0 Å². The molecule has 2 heterocycles. The Morgan fingerprint density at radius 3 is 3.21 bits per heavy atom. The van der Waals surface area contributed by atoms with Gasteiger partial charge in [0.1, 0.15) is 0 Å². The number of likely N-dealkylation sites (tertiary alicyclic amines) is 1. The van der Waals surface area contributed by atoms with Gasteiger partial charge in [-0.2, -0.15) is 0 Å². The number of aliphatic hydroxyl groups is 1. The molecule has 1 aromatic heterocycles. The van der Waals surface area contributed by atoms with Crippen molar-refractivity contribution < 1.29 is 5.11 Å². The average Bonchev–Trinajstić information content (AvgIpc) is 2.76. The summed E-state index contributed by atoms with van der Waals surface area (Å²) >= 11 is 7.22. The van der Waals surface area contributed by atoms with Crippen LogP contribution >= 0.6 is 22.9 Å². The molecule has 1 N–H and O–H groups in total. The van der Waals surface area contributed by atoms with E-state index < -0.39 is 0 Å². The van der Waals surface area contributed by atoms with Gasteiger partial charge in [-0.3, -0.25) is 4.90 Å². The van der Waals surface area contributed by atoms with Gasteiger partial charge in [-0.25, -0.2) is 4.98 Å². The predicted octanol–water partition coefficient (Wildman–Crippen LogP) is 1.75. The summed E-state index contributed by atoms with van der Waals surface area (Å²) in [5.74, 6) is 0. The number of rotatable bonds is 3. The molecule has 0 aliphatic carbocycles. The van der Waals surface area contributed by atoms with Gasteiger partial charge >= 0.3 is 0 Å². The Labute approximate surface area is 92.3 Å². The van der Waals surface area contributed by atoms with E-state index in [0.717, 1.165) is 25.2 Å². The van der Waals surface area contributed by atoms with Crippen LogP contribution in [0.4, 0.5) is 0 Å². The number of aliphatic hydroxyl groups excluding tert-OH is 1. The Hall–Kier alpha value is -0.160. The maximum Gasteiger partial charge on any atom is 0.183 e. The van der Waals surface area contributed by atoms with Crippen LogP contribution in [0.5, 0.6) is 0 Å². The molecule has 5 heteroatoms. The van der Waals surface area contributed by atoms with E-state index in [-0.39, 0.29) is 6.61 Å². The molecule has 0 radical (unpaired) electrons. The SMILES string of the molecule is OC[C@@H]1CCCN1Cc1csc(Cl)n1. The summed E-state index contributed by atoms with van der Waals surface area (Å²) in [6.45, 7) is 2.12. The normalized spacial score (nSPS) is 23.1. The number of nitrogens with zero attached hydrogens (tertiary/aromatic N) is 2. The molecule has 0 amide bonds. The second kappa shape index (κ2) is 4.57. The number of aromatic nitrogens is 1. The number of thiazole rings is 1. The van der Waals surface area contributed by atoms with E-state index in [2.05, 4.69) is 9.88 Å². The van der Waals surface area contributed by atoms with Crippen molar-refractivity contribution in [2.75, 3.05) is 13.2 Å². The van der Waals surface area contributed by atoms with Crippen LogP contribution in [0, 0.1) is 0 Å². The molecule has 0 saturated carbocycles. The molecule has 1 aliphatic rings. The lowest BCUT2D eigenvalue weighted by molar-refractivity contribution is 0.152. The van der Waals surface area contributed by atoms with Crippen molar-refractivity contribution >= 4 is 22.9 Å². The Bertz CT molecular complexity index is 305. The summed E-state index contributed by atoms with van der Waals surface area (Å²) in [5, 5.41) is 11.1. The first-order valence-corrected chi connectivity index (χ1v) is 6.00. The van der Waals surface area contributed by atoms with Gasteiger partial charge in [-0.05, 0) is 19.4 Å². The molecule has 0 bridgehead atoms. The standard InChI is InChI=1S/C9H13ClN2OS/c10-9-11-7(6-14-9)4-12-3-1-2-8(12)5-13/h6,8,13H,1-5H2/t8-/m0/s1. The molecule has 2 rings (SSSR count). The van der Waals surface area contributed by atoms with Crippen LogP contribution in [0.15, 0.2) is 5.38 Å². The fourth-order valence-electron chi connectivity index (χ4n) is 1.87. The van der Waals surface area contributed by atoms with Gasteiger partial charge < -0.3 is 5.11 Å². The van der Waals surface area contributed by atoms with E-state index in [0.29, 0.717) is 10.5 Å². The van der Waals surface area contributed by atoms with Crippen molar-refractivity contribution in [3.05, 3.63) is 15.5 Å². The lowest BCUT2D eigenvalue weighted by atomic mass is 10.2. The Morgan fingerprint density at radius 2 is 2.57 bits per heavy atom. The van der Waals surface area contributed by atoms with Crippen LogP contribution in [0.1, 0.15) is 18.5 Å². The molecular formula is C9H13ClN2OS. The second-order valence-corrected chi connectivity index (χ2v) is 4.98. The topological polar surface area (TPSA) is 36.4 Å². The molecule has 1 aromatic rings. The lowest BCUT2D eigenvalue weighted by Gasteiger charge is -2.21. The van der Waals surface area contributed by atoms with Crippen molar-refractivity contribution in [3.8, 4) is 0 Å². The van der Waals surface area contributed by atoms with Crippen LogP contribution in [-0.4, -0.2) is 34.2 Å². The summed E-state index contributed by atoms with van der Waals surface area (Å²) in [6.07, 6.45) is 2.26. The molecule has 0 spiro atoms. The molecule has 1 fully saturated rings.